The lowest BCUT2D eigenvalue weighted by Crippen LogP contribution is -2.18. The number of hydrogen-bond donors (Lipinski definition) is 2. The van der Waals surface area contributed by atoms with Crippen molar-refractivity contribution < 1.29 is 10.4 Å². The maximum absolute atomic E-state index is 10.7. The highest BCUT2D eigenvalue weighted by Gasteiger charge is 2.12. The van der Waals surface area contributed by atoms with Gasteiger partial charge in [0.05, 0.1) is 11.9 Å². The third-order valence-electron chi connectivity index (χ3n) is 2.64. The molecule has 112 valence electrons. The monoisotopic (exact) mass is 308 g/mol. The van der Waals surface area contributed by atoms with E-state index in [9.17, 15) is 20.8 Å². The van der Waals surface area contributed by atoms with Crippen LogP contribution >= 0.6 is 11.3 Å². The topological polar surface area (TPSA) is 109 Å². The summed E-state index contributed by atoms with van der Waals surface area (Å²) >= 11 is 1.50. The van der Waals surface area contributed by atoms with Gasteiger partial charge in [-0.3, -0.25) is 15.4 Å². The third kappa shape index (κ3) is 3.68. The van der Waals surface area contributed by atoms with Crippen LogP contribution < -0.4 is 15.5 Å². The van der Waals surface area contributed by atoms with Gasteiger partial charge in [-0.25, -0.2) is 0 Å². The molecule has 0 atom stereocenters. The van der Waals surface area contributed by atoms with Crippen LogP contribution in [-0.2, 0) is 0 Å². The number of rotatable bonds is 5. The van der Waals surface area contributed by atoms with E-state index in [0.717, 1.165) is 10.9 Å². The molecule has 8 nitrogen and oxygen atoms in total. The van der Waals surface area contributed by atoms with Gasteiger partial charge in [-0.15, -0.1) is 16.6 Å². The van der Waals surface area contributed by atoms with Gasteiger partial charge in [0.2, 0.25) is 0 Å². The molecule has 1 heterocycles. The molecule has 0 saturated heterocycles. The van der Waals surface area contributed by atoms with Gasteiger partial charge in [0.1, 0.15) is 5.69 Å². The van der Waals surface area contributed by atoms with Crippen LogP contribution in [0.1, 0.15) is 4.88 Å². The summed E-state index contributed by atoms with van der Waals surface area (Å²) in [7, 11) is 1.60. The van der Waals surface area contributed by atoms with E-state index in [4.69, 9.17) is 0 Å². The Labute approximate surface area is 124 Å². The summed E-state index contributed by atoms with van der Waals surface area (Å²) in [6.07, 6.45) is 1.61. The maximum Gasteiger partial charge on any atom is 0.121 e. The molecule has 0 radical (unpaired) electrons. The van der Waals surface area contributed by atoms with Crippen LogP contribution in [0, 0.1) is 10.4 Å². The van der Waals surface area contributed by atoms with Crippen molar-refractivity contribution >= 4 is 34.6 Å². The van der Waals surface area contributed by atoms with Crippen molar-refractivity contribution in [3.63, 3.8) is 0 Å². The zero-order valence-electron chi connectivity index (χ0n) is 10.9. The Hall–Kier alpha value is -2.17. The van der Waals surface area contributed by atoms with Crippen LogP contribution in [0.4, 0.5) is 17.1 Å². The first-order valence-corrected chi connectivity index (χ1v) is 6.64. The molecule has 0 aliphatic heterocycles. The van der Waals surface area contributed by atoms with Gasteiger partial charge in [-0.2, -0.15) is 5.10 Å². The normalized spacial score (nSPS) is 10.9. The molecule has 0 spiro atoms. The van der Waals surface area contributed by atoms with Gasteiger partial charge in [0.25, 0.3) is 0 Å². The number of hydrazone groups is 1. The van der Waals surface area contributed by atoms with E-state index in [0.29, 0.717) is 5.69 Å². The van der Waals surface area contributed by atoms with Crippen LogP contribution in [0.5, 0.6) is 0 Å². The molecule has 0 saturated carbocycles. The molecule has 9 heteroatoms. The van der Waals surface area contributed by atoms with Crippen molar-refractivity contribution in [2.24, 2.45) is 5.10 Å². The summed E-state index contributed by atoms with van der Waals surface area (Å²) in [5.74, 6) is 0. The molecule has 0 aliphatic carbocycles. The second-order valence-corrected chi connectivity index (χ2v) is 4.98. The fourth-order valence-electron chi connectivity index (χ4n) is 1.63. The van der Waals surface area contributed by atoms with Gasteiger partial charge in [-0.05, 0) is 29.6 Å². The standard InChI is InChI=1S/C12H12N4O4S/c1-14(13-8-10-3-2-6-21-10)11-5-4-9(15(17)18)7-12(11)16(19)20/h2-8,19-20H,1H3/q-2/b13-8+. The van der Waals surface area contributed by atoms with Gasteiger partial charge in [0.15, 0.2) is 0 Å². The molecule has 1 aromatic carbocycles. The first kappa shape index (κ1) is 15.2. The highest BCUT2D eigenvalue weighted by Crippen LogP contribution is 2.31. The minimum absolute atomic E-state index is 0.143. The predicted octanol–water partition coefficient (Wildman–Crippen LogP) is 2.61. The SMILES string of the molecule is CN(/N=C/c1cccs1)c1ccc(N([O-])[O-])cc1N(O)O. The molecule has 21 heavy (non-hydrogen) atoms. The van der Waals surface area contributed by atoms with Crippen LogP contribution in [0.15, 0.2) is 40.8 Å². The van der Waals surface area contributed by atoms with E-state index in [1.165, 1.54) is 28.5 Å². The fourth-order valence-corrected chi connectivity index (χ4v) is 2.21. The highest BCUT2D eigenvalue weighted by molar-refractivity contribution is 7.11. The number of hydrogen-bond acceptors (Lipinski definition) is 9. The summed E-state index contributed by atoms with van der Waals surface area (Å²) in [4.78, 5) is 0.926. The fraction of sp³-hybridized carbons (Fsp3) is 0.0833. The molecule has 2 N–H and O–H groups in total. The van der Waals surface area contributed by atoms with E-state index in [1.807, 2.05) is 17.5 Å². The number of benzene rings is 1. The summed E-state index contributed by atoms with van der Waals surface area (Å²) in [6, 6.07) is 7.46. The number of nitrogens with zero attached hydrogens (tertiary/aromatic N) is 4. The van der Waals surface area contributed by atoms with E-state index in [2.05, 4.69) is 5.10 Å². The third-order valence-corrected chi connectivity index (χ3v) is 3.44. The zero-order valence-corrected chi connectivity index (χ0v) is 11.8. The molecule has 0 unspecified atom stereocenters. The quantitative estimate of drug-likeness (QED) is 0.645. The van der Waals surface area contributed by atoms with Crippen molar-refractivity contribution in [1.29, 1.82) is 0 Å². The first-order valence-electron chi connectivity index (χ1n) is 5.76. The van der Waals surface area contributed by atoms with Crippen molar-refractivity contribution in [2.75, 3.05) is 22.5 Å². The van der Waals surface area contributed by atoms with E-state index in [1.54, 1.807) is 13.3 Å². The van der Waals surface area contributed by atoms with Crippen molar-refractivity contribution in [3.05, 3.63) is 51.0 Å². The van der Waals surface area contributed by atoms with Gasteiger partial charge >= 0.3 is 0 Å². The average molecular weight is 308 g/mol. The van der Waals surface area contributed by atoms with E-state index in [-0.39, 0.29) is 16.6 Å². The van der Waals surface area contributed by atoms with Crippen molar-refractivity contribution in [1.82, 2.24) is 0 Å². The summed E-state index contributed by atoms with van der Waals surface area (Å²) in [5.41, 5.74) is -0.0917. The average Bonchev–Trinajstić information content (AvgIpc) is 2.97. The molecular weight excluding hydrogens is 296 g/mol. The molecule has 0 aliphatic rings. The molecule has 0 amide bonds. The molecule has 2 rings (SSSR count). The van der Waals surface area contributed by atoms with E-state index < -0.39 is 5.23 Å². The molecule has 0 fully saturated rings. The van der Waals surface area contributed by atoms with Crippen LogP contribution in [0.25, 0.3) is 0 Å². The van der Waals surface area contributed by atoms with Crippen LogP contribution in [0.3, 0.4) is 0 Å². The summed E-state index contributed by atoms with van der Waals surface area (Å²) in [5, 5.41) is 46.5. The predicted molar refractivity (Wildman–Crippen MR) is 82.0 cm³/mol. The lowest BCUT2D eigenvalue weighted by atomic mass is 10.2. The minimum Gasteiger partial charge on any atom is -0.769 e. The second-order valence-electron chi connectivity index (χ2n) is 4.00. The molecular formula is C12H12N4O4S-2. The van der Waals surface area contributed by atoms with Crippen molar-refractivity contribution in [2.45, 2.75) is 0 Å². The lowest BCUT2D eigenvalue weighted by molar-refractivity contribution is 0.0294. The Bertz CT molecular complexity index is 616. The summed E-state index contributed by atoms with van der Waals surface area (Å²) < 4.78 is 0. The largest absolute Gasteiger partial charge is 0.769 e. The number of anilines is 3. The lowest BCUT2D eigenvalue weighted by Gasteiger charge is -2.38. The van der Waals surface area contributed by atoms with E-state index >= 15 is 0 Å². The Morgan fingerprint density at radius 3 is 2.52 bits per heavy atom. The Morgan fingerprint density at radius 1 is 1.19 bits per heavy atom. The zero-order chi connectivity index (χ0) is 15.4. The summed E-state index contributed by atoms with van der Waals surface area (Å²) in [6.45, 7) is 0. The van der Waals surface area contributed by atoms with Crippen LogP contribution in [-0.4, -0.2) is 23.7 Å². The van der Waals surface area contributed by atoms with Gasteiger partial charge in [-0.1, -0.05) is 6.07 Å². The second kappa shape index (κ2) is 6.52. The van der Waals surface area contributed by atoms with Crippen LogP contribution in [0.2, 0.25) is 0 Å². The molecule has 1 aromatic heterocycles. The van der Waals surface area contributed by atoms with Gasteiger partial charge < -0.3 is 15.6 Å². The Kier molecular flexibility index (Phi) is 4.73. The number of thiophene rings is 1. The Balaban J connectivity index is 2.29. The smallest absolute Gasteiger partial charge is 0.121 e. The molecule has 2 aromatic rings. The maximum atomic E-state index is 10.7. The Morgan fingerprint density at radius 2 is 1.95 bits per heavy atom. The van der Waals surface area contributed by atoms with Crippen molar-refractivity contribution in [3.8, 4) is 0 Å². The molecule has 0 bridgehead atoms. The minimum atomic E-state index is -0.619. The highest BCUT2D eigenvalue weighted by atomic mass is 32.1. The first-order chi connectivity index (χ1) is 9.99. The van der Waals surface area contributed by atoms with Gasteiger partial charge in [0, 0.05) is 17.6 Å².